The smallest absolute Gasteiger partial charge is 0.354 e. The highest BCUT2D eigenvalue weighted by atomic mass is 79.9. The van der Waals surface area contributed by atoms with Gasteiger partial charge in [0.05, 0.1) is 6.61 Å². The lowest BCUT2D eigenvalue weighted by Crippen LogP contribution is -2.09. The molecule has 4 heteroatoms. The van der Waals surface area contributed by atoms with Gasteiger partial charge in [0.1, 0.15) is 5.69 Å². The fourth-order valence-electron chi connectivity index (χ4n) is 0.996. The molecular formula is C9H12BrNO2. The number of aromatic nitrogens is 1. The van der Waals surface area contributed by atoms with Crippen LogP contribution in [0.2, 0.25) is 0 Å². The number of hydrogen-bond acceptors (Lipinski definition) is 2. The van der Waals surface area contributed by atoms with E-state index in [1.807, 2.05) is 20.2 Å². The molecule has 72 valence electrons. The van der Waals surface area contributed by atoms with Crippen LogP contribution in [0, 0.1) is 0 Å². The monoisotopic (exact) mass is 245 g/mol. The third kappa shape index (κ3) is 2.59. The minimum atomic E-state index is -0.268. The summed E-state index contributed by atoms with van der Waals surface area (Å²) in [4.78, 5) is 11.4. The summed E-state index contributed by atoms with van der Waals surface area (Å²) in [5, 5.41) is 0. The minimum Gasteiger partial charge on any atom is -0.461 e. The normalized spacial score (nSPS) is 10.1. The summed E-state index contributed by atoms with van der Waals surface area (Å²) in [6.45, 7) is 2.44. The van der Waals surface area contributed by atoms with E-state index in [1.54, 1.807) is 10.6 Å². The molecule has 0 saturated carbocycles. The second-order valence-electron chi connectivity index (χ2n) is 2.79. The number of rotatable bonds is 3. The van der Waals surface area contributed by atoms with Crippen molar-refractivity contribution in [2.24, 2.45) is 7.05 Å². The Balaban J connectivity index is 2.70. The van der Waals surface area contributed by atoms with E-state index < -0.39 is 0 Å². The van der Waals surface area contributed by atoms with Gasteiger partial charge in [0.15, 0.2) is 0 Å². The first-order chi connectivity index (χ1) is 6.15. The zero-order valence-corrected chi connectivity index (χ0v) is 9.30. The molecule has 0 aliphatic carbocycles. The second kappa shape index (κ2) is 4.46. The molecule has 0 amide bonds. The first-order valence-corrected chi connectivity index (χ1v) is 4.93. The van der Waals surface area contributed by atoms with Gasteiger partial charge in [-0.3, -0.25) is 0 Å². The lowest BCUT2D eigenvalue weighted by molar-refractivity contribution is 0.0494. The van der Waals surface area contributed by atoms with Gasteiger partial charge in [-0.25, -0.2) is 4.79 Å². The molecule has 3 nitrogen and oxygen atoms in total. The van der Waals surface area contributed by atoms with Crippen LogP contribution >= 0.6 is 15.9 Å². The van der Waals surface area contributed by atoms with E-state index in [2.05, 4.69) is 15.9 Å². The van der Waals surface area contributed by atoms with Crippen molar-refractivity contribution >= 4 is 21.9 Å². The van der Waals surface area contributed by atoms with E-state index in [9.17, 15) is 4.79 Å². The average Bonchev–Trinajstić information content (AvgIpc) is 2.41. The molecule has 0 aliphatic rings. The van der Waals surface area contributed by atoms with Crippen molar-refractivity contribution in [3.63, 3.8) is 0 Å². The molecule has 0 spiro atoms. The maximum absolute atomic E-state index is 11.4. The largest absolute Gasteiger partial charge is 0.461 e. The van der Waals surface area contributed by atoms with Crippen LogP contribution in [0.1, 0.15) is 23.8 Å². The van der Waals surface area contributed by atoms with E-state index in [4.69, 9.17) is 4.74 Å². The predicted molar refractivity (Wildman–Crippen MR) is 53.7 cm³/mol. The standard InChI is InChI=1S/C9H12BrNO2/c1-3-4-13-9(12)8-5-7(10)6-11(8)2/h5-6H,3-4H2,1-2H3. The van der Waals surface area contributed by atoms with Crippen LogP contribution in [0.15, 0.2) is 16.7 Å². The van der Waals surface area contributed by atoms with Gasteiger partial charge in [-0.05, 0) is 28.4 Å². The summed E-state index contributed by atoms with van der Waals surface area (Å²) in [5.74, 6) is -0.268. The number of hydrogen-bond donors (Lipinski definition) is 0. The van der Waals surface area contributed by atoms with E-state index in [0.717, 1.165) is 10.9 Å². The molecule has 0 N–H and O–H groups in total. The van der Waals surface area contributed by atoms with E-state index in [0.29, 0.717) is 12.3 Å². The van der Waals surface area contributed by atoms with Crippen LogP contribution < -0.4 is 0 Å². The highest BCUT2D eigenvalue weighted by Gasteiger charge is 2.11. The molecule has 1 rings (SSSR count). The van der Waals surface area contributed by atoms with Crippen LogP contribution in [0.5, 0.6) is 0 Å². The summed E-state index contributed by atoms with van der Waals surface area (Å²) < 4.78 is 7.62. The molecule has 0 atom stereocenters. The second-order valence-corrected chi connectivity index (χ2v) is 3.71. The molecule has 0 unspecified atom stereocenters. The zero-order chi connectivity index (χ0) is 9.84. The van der Waals surface area contributed by atoms with Crippen LogP contribution in [0.4, 0.5) is 0 Å². The molecule has 0 saturated heterocycles. The third-order valence-corrected chi connectivity index (χ3v) is 2.05. The average molecular weight is 246 g/mol. The molecular weight excluding hydrogens is 234 g/mol. The molecule has 0 fully saturated rings. The Hall–Kier alpha value is -0.770. The van der Waals surface area contributed by atoms with Crippen molar-refractivity contribution in [3.8, 4) is 0 Å². The summed E-state index contributed by atoms with van der Waals surface area (Å²) in [6.07, 6.45) is 2.67. The van der Waals surface area contributed by atoms with E-state index in [-0.39, 0.29) is 5.97 Å². The number of nitrogens with zero attached hydrogens (tertiary/aromatic N) is 1. The molecule has 0 radical (unpaired) electrons. The van der Waals surface area contributed by atoms with Gasteiger partial charge in [0.2, 0.25) is 0 Å². The Bertz CT molecular complexity index is 307. The first kappa shape index (κ1) is 10.3. The van der Waals surface area contributed by atoms with Crippen molar-refractivity contribution < 1.29 is 9.53 Å². The summed E-state index contributed by atoms with van der Waals surface area (Å²) in [5.41, 5.74) is 0.570. The lowest BCUT2D eigenvalue weighted by atomic mass is 10.4. The maximum Gasteiger partial charge on any atom is 0.354 e. The van der Waals surface area contributed by atoms with Crippen LogP contribution in [0.3, 0.4) is 0 Å². The lowest BCUT2D eigenvalue weighted by Gasteiger charge is -2.02. The fourth-order valence-corrected chi connectivity index (χ4v) is 1.52. The number of aryl methyl sites for hydroxylation is 1. The summed E-state index contributed by atoms with van der Waals surface area (Å²) in [6, 6.07) is 1.75. The van der Waals surface area contributed by atoms with E-state index in [1.165, 1.54) is 0 Å². The van der Waals surface area contributed by atoms with Crippen molar-refractivity contribution in [1.82, 2.24) is 4.57 Å². The Morgan fingerprint density at radius 3 is 2.85 bits per heavy atom. The van der Waals surface area contributed by atoms with Crippen LogP contribution in [0.25, 0.3) is 0 Å². The highest BCUT2D eigenvalue weighted by Crippen LogP contribution is 2.14. The quantitative estimate of drug-likeness (QED) is 0.766. The molecule has 1 aromatic heterocycles. The predicted octanol–water partition coefficient (Wildman–Crippen LogP) is 2.35. The topological polar surface area (TPSA) is 31.2 Å². The van der Waals surface area contributed by atoms with Gasteiger partial charge in [-0.15, -0.1) is 0 Å². The maximum atomic E-state index is 11.4. The van der Waals surface area contributed by atoms with Gasteiger partial charge >= 0.3 is 5.97 Å². The molecule has 0 aliphatic heterocycles. The van der Waals surface area contributed by atoms with Crippen LogP contribution in [-0.4, -0.2) is 17.1 Å². The van der Waals surface area contributed by atoms with Crippen molar-refractivity contribution in [1.29, 1.82) is 0 Å². The Morgan fingerprint density at radius 2 is 2.38 bits per heavy atom. The number of carbonyl (C=O) groups is 1. The van der Waals surface area contributed by atoms with E-state index >= 15 is 0 Å². The molecule has 0 bridgehead atoms. The Labute approximate surface area is 85.8 Å². The minimum absolute atomic E-state index is 0.268. The molecule has 1 aromatic rings. The van der Waals surface area contributed by atoms with Crippen molar-refractivity contribution in [3.05, 3.63) is 22.4 Å². The number of carbonyl (C=O) groups excluding carboxylic acids is 1. The summed E-state index contributed by atoms with van der Waals surface area (Å²) >= 11 is 3.29. The van der Waals surface area contributed by atoms with Gasteiger partial charge in [-0.2, -0.15) is 0 Å². The Morgan fingerprint density at radius 1 is 1.69 bits per heavy atom. The van der Waals surface area contributed by atoms with Gasteiger partial charge < -0.3 is 9.30 Å². The van der Waals surface area contributed by atoms with Gasteiger partial charge in [-0.1, -0.05) is 6.92 Å². The van der Waals surface area contributed by atoms with Crippen LogP contribution in [-0.2, 0) is 11.8 Å². The number of esters is 1. The van der Waals surface area contributed by atoms with Gasteiger partial charge in [0, 0.05) is 17.7 Å². The Kier molecular flexibility index (Phi) is 3.54. The third-order valence-electron chi connectivity index (χ3n) is 1.62. The number of ether oxygens (including phenoxy) is 1. The zero-order valence-electron chi connectivity index (χ0n) is 7.71. The fraction of sp³-hybridized carbons (Fsp3) is 0.444. The first-order valence-electron chi connectivity index (χ1n) is 4.14. The SMILES string of the molecule is CCCOC(=O)c1cc(Br)cn1C. The molecule has 1 heterocycles. The molecule has 0 aromatic carbocycles. The van der Waals surface area contributed by atoms with Gasteiger partial charge in [0.25, 0.3) is 0 Å². The highest BCUT2D eigenvalue weighted by molar-refractivity contribution is 9.10. The van der Waals surface area contributed by atoms with Crippen molar-refractivity contribution in [2.75, 3.05) is 6.61 Å². The molecule has 13 heavy (non-hydrogen) atoms. The summed E-state index contributed by atoms with van der Waals surface area (Å²) in [7, 11) is 1.81. The van der Waals surface area contributed by atoms with Crippen molar-refractivity contribution in [2.45, 2.75) is 13.3 Å². The number of halogens is 1.